The van der Waals surface area contributed by atoms with Gasteiger partial charge in [-0.25, -0.2) is 15.0 Å². The predicted molar refractivity (Wildman–Crippen MR) is 193 cm³/mol. The molecule has 0 radical (unpaired) electrons. The third-order valence-electron chi connectivity index (χ3n) is 9.32. The van der Waals surface area contributed by atoms with E-state index in [-0.39, 0.29) is 0 Å². The van der Waals surface area contributed by atoms with Crippen molar-refractivity contribution in [3.63, 3.8) is 0 Å². The highest BCUT2D eigenvalue weighted by atomic mass is 16.3. The molecule has 47 heavy (non-hydrogen) atoms. The van der Waals surface area contributed by atoms with Crippen LogP contribution < -0.4 is 0 Å². The lowest BCUT2D eigenvalue weighted by Crippen LogP contribution is -2.06. The van der Waals surface area contributed by atoms with Crippen molar-refractivity contribution in [2.45, 2.75) is 25.7 Å². The van der Waals surface area contributed by atoms with Crippen LogP contribution in [0.1, 0.15) is 42.9 Å². The molecule has 0 bridgehead atoms. The van der Waals surface area contributed by atoms with E-state index < -0.39 is 0 Å². The smallest absolute Gasteiger partial charge is 0.164 e. The molecule has 7 aromatic rings. The first-order chi connectivity index (χ1) is 23.3. The number of allylic oxidation sites excluding steroid dienone is 8. The SMILES string of the molecule is C1=CC(c2nc(C3=CC=C(c4ccc(-c5cccc6oc7ccccc7c56)c5ccccc45)CC3)nc(-c3ccccc3)n2)=CCC1. The number of rotatable bonds is 5. The highest BCUT2D eigenvalue weighted by Gasteiger charge is 2.20. The fourth-order valence-corrected chi connectivity index (χ4v) is 7.01. The van der Waals surface area contributed by atoms with E-state index in [1.54, 1.807) is 0 Å². The van der Waals surface area contributed by atoms with E-state index in [0.29, 0.717) is 5.82 Å². The molecule has 224 valence electrons. The van der Waals surface area contributed by atoms with Gasteiger partial charge in [0.15, 0.2) is 17.5 Å². The van der Waals surface area contributed by atoms with Gasteiger partial charge in [0.05, 0.1) is 0 Å². The Morgan fingerprint density at radius 2 is 1.17 bits per heavy atom. The quantitative estimate of drug-likeness (QED) is 0.196. The molecule has 4 heteroatoms. The summed E-state index contributed by atoms with van der Waals surface area (Å²) < 4.78 is 6.23. The minimum atomic E-state index is 0.711. The summed E-state index contributed by atoms with van der Waals surface area (Å²) in [5.41, 5.74) is 10.0. The van der Waals surface area contributed by atoms with Gasteiger partial charge < -0.3 is 4.42 Å². The van der Waals surface area contributed by atoms with Crippen LogP contribution in [0, 0.1) is 0 Å². The molecule has 0 N–H and O–H groups in total. The van der Waals surface area contributed by atoms with Crippen LogP contribution in [0.25, 0.3) is 71.9 Å². The Hall–Kier alpha value is -5.87. The molecule has 4 nitrogen and oxygen atoms in total. The molecule has 0 atom stereocenters. The second kappa shape index (κ2) is 11.5. The fourth-order valence-electron chi connectivity index (χ4n) is 7.01. The minimum Gasteiger partial charge on any atom is -0.456 e. The molecular weight excluding hydrogens is 574 g/mol. The molecule has 0 saturated heterocycles. The van der Waals surface area contributed by atoms with Crippen LogP contribution >= 0.6 is 0 Å². The van der Waals surface area contributed by atoms with Gasteiger partial charge in [0.25, 0.3) is 0 Å². The third-order valence-corrected chi connectivity index (χ3v) is 9.32. The van der Waals surface area contributed by atoms with Crippen LogP contribution in [0.5, 0.6) is 0 Å². The Labute approximate surface area is 273 Å². The number of furan rings is 1. The molecular formula is C43H31N3O. The van der Waals surface area contributed by atoms with Gasteiger partial charge in [0, 0.05) is 21.9 Å². The van der Waals surface area contributed by atoms with Gasteiger partial charge in [-0.1, -0.05) is 127 Å². The number of para-hydroxylation sites is 1. The highest BCUT2D eigenvalue weighted by molar-refractivity contribution is 6.16. The topological polar surface area (TPSA) is 51.8 Å². The van der Waals surface area contributed by atoms with E-state index in [4.69, 9.17) is 19.4 Å². The van der Waals surface area contributed by atoms with Gasteiger partial charge in [-0.05, 0) is 76.4 Å². The zero-order chi connectivity index (χ0) is 31.2. The largest absolute Gasteiger partial charge is 0.456 e. The van der Waals surface area contributed by atoms with Crippen molar-refractivity contribution < 1.29 is 4.42 Å². The zero-order valence-electron chi connectivity index (χ0n) is 25.9. The van der Waals surface area contributed by atoms with Crippen molar-refractivity contribution >= 4 is 49.4 Å². The first-order valence-corrected chi connectivity index (χ1v) is 16.3. The van der Waals surface area contributed by atoms with E-state index in [2.05, 4.69) is 109 Å². The lowest BCUT2D eigenvalue weighted by Gasteiger charge is -2.18. The van der Waals surface area contributed by atoms with Crippen molar-refractivity contribution in [1.82, 2.24) is 15.0 Å². The van der Waals surface area contributed by atoms with Gasteiger partial charge in [0.2, 0.25) is 0 Å². The maximum absolute atomic E-state index is 6.23. The van der Waals surface area contributed by atoms with E-state index in [0.717, 1.165) is 76.0 Å². The average molecular weight is 606 g/mol. The van der Waals surface area contributed by atoms with Crippen LogP contribution in [-0.4, -0.2) is 15.0 Å². The first-order valence-electron chi connectivity index (χ1n) is 16.3. The number of aromatic nitrogens is 3. The van der Waals surface area contributed by atoms with Gasteiger partial charge in [0.1, 0.15) is 11.2 Å². The van der Waals surface area contributed by atoms with E-state index in [9.17, 15) is 0 Å². The molecule has 2 aliphatic rings. The second-order valence-corrected chi connectivity index (χ2v) is 12.2. The molecule has 2 heterocycles. The predicted octanol–water partition coefficient (Wildman–Crippen LogP) is 11.3. The van der Waals surface area contributed by atoms with Gasteiger partial charge in [-0.15, -0.1) is 0 Å². The van der Waals surface area contributed by atoms with Crippen LogP contribution in [0.4, 0.5) is 0 Å². The van der Waals surface area contributed by atoms with Crippen LogP contribution in [-0.2, 0) is 0 Å². The number of nitrogens with zero attached hydrogens (tertiary/aromatic N) is 3. The highest BCUT2D eigenvalue weighted by Crippen LogP contribution is 2.42. The van der Waals surface area contributed by atoms with Crippen molar-refractivity contribution in [2.75, 3.05) is 0 Å². The maximum Gasteiger partial charge on any atom is 0.164 e. The summed E-state index contributed by atoms with van der Waals surface area (Å²) in [6, 6.07) is 38.2. The van der Waals surface area contributed by atoms with Crippen molar-refractivity contribution in [3.8, 4) is 22.5 Å². The normalized spacial score (nSPS) is 14.8. The van der Waals surface area contributed by atoms with Gasteiger partial charge >= 0.3 is 0 Å². The van der Waals surface area contributed by atoms with Crippen molar-refractivity contribution in [1.29, 1.82) is 0 Å². The Morgan fingerprint density at radius 3 is 1.98 bits per heavy atom. The van der Waals surface area contributed by atoms with Crippen LogP contribution in [0.3, 0.4) is 0 Å². The van der Waals surface area contributed by atoms with E-state index >= 15 is 0 Å². The average Bonchev–Trinajstić information content (AvgIpc) is 3.54. The summed E-state index contributed by atoms with van der Waals surface area (Å²) in [4.78, 5) is 14.9. The molecule has 0 aliphatic heterocycles. The van der Waals surface area contributed by atoms with Crippen molar-refractivity contribution in [2.24, 2.45) is 0 Å². The maximum atomic E-state index is 6.23. The lowest BCUT2D eigenvalue weighted by atomic mass is 9.87. The number of hydrogen-bond acceptors (Lipinski definition) is 4. The number of hydrogen-bond donors (Lipinski definition) is 0. The summed E-state index contributed by atoms with van der Waals surface area (Å²) in [5.74, 6) is 2.20. The molecule has 0 amide bonds. The van der Waals surface area contributed by atoms with Crippen molar-refractivity contribution in [3.05, 3.63) is 157 Å². The second-order valence-electron chi connectivity index (χ2n) is 12.2. The Balaban J connectivity index is 1.13. The molecule has 0 spiro atoms. The Kier molecular flexibility index (Phi) is 6.71. The third kappa shape index (κ3) is 4.90. The summed E-state index contributed by atoms with van der Waals surface area (Å²) in [6.07, 6.45) is 14.8. The summed E-state index contributed by atoms with van der Waals surface area (Å²) in [7, 11) is 0. The van der Waals surface area contributed by atoms with Gasteiger partial charge in [-0.3, -0.25) is 0 Å². The minimum absolute atomic E-state index is 0.711. The molecule has 0 fully saturated rings. The molecule has 5 aromatic carbocycles. The molecule has 2 aromatic heterocycles. The van der Waals surface area contributed by atoms with E-state index in [1.165, 1.54) is 33.0 Å². The number of benzene rings is 5. The zero-order valence-corrected chi connectivity index (χ0v) is 25.9. The summed E-state index contributed by atoms with van der Waals surface area (Å²) in [5, 5.41) is 4.80. The van der Waals surface area contributed by atoms with Gasteiger partial charge in [-0.2, -0.15) is 0 Å². The standard InChI is InChI=1S/C43H31N3O/c1-3-12-29(13-4-1)41-44-42(30-14-5-2-6-15-30)46-43(45-41)31-24-22-28(23-25-31)32-26-27-35(34-17-8-7-16-33(32)34)36-19-11-21-39-40(36)37-18-9-10-20-38(37)47-39/h1,3-5,7-22,24,26-27H,2,6,23,25H2. The summed E-state index contributed by atoms with van der Waals surface area (Å²) in [6.45, 7) is 0. The lowest BCUT2D eigenvalue weighted by molar-refractivity contribution is 0.669. The molecule has 2 aliphatic carbocycles. The molecule has 0 saturated carbocycles. The van der Waals surface area contributed by atoms with E-state index in [1.807, 2.05) is 30.3 Å². The first kappa shape index (κ1) is 27.4. The fraction of sp³-hybridized carbons (Fsp3) is 0.0930. The van der Waals surface area contributed by atoms with Crippen LogP contribution in [0.15, 0.2) is 144 Å². The molecule has 0 unspecified atom stereocenters. The number of fused-ring (bicyclic) bond motifs is 4. The molecule has 9 rings (SSSR count). The summed E-state index contributed by atoms with van der Waals surface area (Å²) >= 11 is 0. The van der Waals surface area contributed by atoms with Crippen LogP contribution in [0.2, 0.25) is 0 Å². The monoisotopic (exact) mass is 605 g/mol. The Bertz CT molecular complexity index is 2460. The Morgan fingerprint density at radius 1 is 0.489 bits per heavy atom.